The van der Waals surface area contributed by atoms with E-state index in [0.29, 0.717) is 5.69 Å². The number of anilines is 1. The SMILES string of the molecule is Nc1c(N=Nc2cc(S(=O)(=O)[O-])cc3cc(S(=O)(=O)[O-])ccc23)c(S(=O)(=O)[O-])cc2cc(SOO[O-])c(N=Nc3ccccc3)c(O)c12.[Na+].[Na+].[Na+].[Na+]. The smallest absolute Gasteiger partial charge is 0.744 e. The van der Waals surface area contributed by atoms with Crippen LogP contribution in [0.1, 0.15) is 0 Å². The molecule has 250 valence electrons. The van der Waals surface area contributed by atoms with Crippen molar-refractivity contribution in [3.63, 3.8) is 0 Å². The van der Waals surface area contributed by atoms with Gasteiger partial charge >= 0.3 is 118 Å². The summed E-state index contributed by atoms with van der Waals surface area (Å²) in [4.78, 5) is -2.90. The molecule has 18 nitrogen and oxygen atoms in total. The van der Waals surface area contributed by atoms with Crippen molar-refractivity contribution in [1.82, 2.24) is 0 Å². The van der Waals surface area contributed by atoms with E-state index in [1.54, 1.807) is 30.3 Å². The van der Waals surface area contributed by atoms with Crippen LogP contribution in [0.2, 0.25) is 0 Å². The summed E-state index contributed by atoms with van der Waals surface area (Å²) >= 11 is 0.258. The maximum absolute atomic E-state index is 12.4. The summed E-state index contributed by atoms with van der Waals surface area (Å²) in [7, 11) is -15.6. The van der Waals surface area contributed by atoms with E-state index in [-0.39, 0.29) is 162 Å². The van der Waals surface area contributed by atoms with E-state index in [1.807, 2.05) is 0 Å². The van der Waals surface area contributed by atoms with Gasteiger partial charge in [0.2, 0.25) is 0 Å². The summed E-state index contributed by atoms with van der Waals surface area (Å²) in [5, 5.41) is 39.9. The van der Waals surface area contributed by atoms with E-state index >= 15 is 0 Å². The summed E-state index contributed by atoms with van der Waals surface area (Å²) < 4.78 is 112. The third-order valence-corrected chi connectivity index (χ3v) is 9.58. The molecule has 0 aromatic heterocycles. The Morgan fingerprint density at radius 3 is 1.85 bits per heavy atom. The molecule has 52 heavy (non-hydrogen) atoms. The Balaban J connectivity index is 0.00000338. The molecule has 5 aromatic carbocycles. The third kappa shape index (κ3) is 11.5. The first kappa shape index (κ1) is 49.4. The van der Waals surface area contributed by atoms with Crippen LogP contribution in [0.3, 0.4) is 0 Å². The van der Waals surface area contributed by atoms with Crippen LogP contribution < -0.4 is 129 Å². The standard InChI is InChI=1S/C26H19N5O13S4.4Na/c27-23-22-14(10-20(45-44-43-33)24(26(22)32)30-28-15-4-2-1-3-5-15)11-21(48(40,41)42)25(23)31-29-19-12-17(47(37,38)39)9-13-8-16(46(34,35)36)6-7-18(13)19;;;;/h1-12,32-33H,27H2,(H,34,35,36)(H,37,38,39)(H,40,41,42);;;;/q;4*+1/p-4. The molecule has 3 N–H and O–H groups in total. The van der Waals surface area contributed by atoms with Gasteiger partial charge in [0, 0.05) is 5.39 Å². The maximum Gasteiger partial charge on any atom is 1.00 e. The summed E-state index contributed by atoms with van der Waals surface area (Å²) in [6, 6.07) is 14.3. The van der Waals surface area contributed by atoms with Crippen molar-refractivity contribution in [2.24, 2.45) is 20.5 Å². The molecule has 0 radical (unpaired) electrons. The fourth-order valence-electron chi connectivity index (χ4n) is 4.41. The van der Waals surface area contributed by atoms with Gasteiger partial charge < -0.3 is 29.8 Å². The van der Waals surface area contributed by atoms with E-state index in [1.165, 1.54) is 0 Å². The number of benzene rings is 5. The molecule has 0 heterocycles. The number of nitrogens with two attached hydrogens (primary N) is 1. The first-order valence-electron chi connectivity index (χ1n) is 12.6. The molecule has 0 aliphatic heterocycles. The molecule has 0 aliphatic rings. The van der Waals surface area contributed by atoms with Gasteiger partial charge in [-0.05, 0) is 59.3 Å². The fraction of sp³-hybridized carbons (Fsp3) is 0. The van der Waals surface area contributed by atoms with Crippen LogP contribution in [0.5, 0.6) is 5.75 Å². The van der Waals surface area contributed by atoms with Gasteiger partial charge in [-0.2, -0.15) is 9.45 Å². The van der Waals surface area contributed by atoms with E-state index in [2.05, 4.69) is 29.8 Å². The molecular weight excluding hydrogens is 811 g/mol. The quantitative estimate of drug-likeness (QED) is 0.0251. The predicted octanol–water partition coefficient (Wildman–Crippen LogP) is -7.93. The molecule has 0 fully saturated rings. The molecular formula is C26H15N5Na4O13S4. The summed E-state index contributed by atoms with van der Waals surface area (Å²) in [5.74, 6) is -0.746. The van der Waals surface area contributed by atoms with Crippen molar-refractivity contribution in [1.29, 1.82) is 0 Å². The van der Waals surface area contributed by atoms with Crippen LogP contribution in [-0.2, 0) is 39.7 Å². The van der Waals surface area contributed by atoms with Gasteiger partial charge in [-0.3, -0.25) is 5.04 Å². The molecule has 0 bridgehead atoms. The average molecular weight is 826 g/mol. The number of rotatable bonds is 10. The number of aromatic hydroxyl groups is 1. The summed E-state index contributed by atoms with van der Waals surface area (Å²) in [5.41, 5.74) is 4.30. The van der Waals surface area contributed by atoms with E-state index in [9.17, 15) is 49.3 Å². The minimum absolute atomic E-state index is 0. The van der Waals surface area contributed by atoms with Gasteiger partial charge in [-0.1, -0.05) is 24.3 Å². The normalized spacial score (nSPS) is 11.9. The number of hydrogen-bond acceptors (Lipinski definition) is 19. The Morgan fingerprint density at radius 2 is 1.27 bits per heavy atom. The van der Waals surface area contributed by atoms with Crippen molar-refractivity contribution in [3.05, 3.63) is 72.8 Å². The van der Waals surface area contributed by atoms with Crippen molar-refractivity contribution in [2.75, 3.05) is 5.73 Å². The number of azo groups is 2. The zero-order valence-corrected chi connectivity index (χ0v) is 38.5. The minimum atomic E-state index is -5.41. The Kier molecular flexibility index (Phi) is 19.0. The second-order valence-corrected chi connectivity index (χ2v) is 14.3. The molecule has 0 aliphatic carbocycles. The Labute approximate surface area is 388 Å². The maximum atomic E-state index is 12.4. The fourth-order valence-corrected chi connectivity index (χ4v) is 6.59. The molecule has 0 spiro atoms. The van der Waals surface area contributed by atoms with Crippen LogP contribution >= 0.6 is 12.0 Å². The second kappa shape index (κ2) is 20.0. The summed E-state index contributed by atoms with van der Waals surface area (Å²) in [6.45, 7) is 0. The van der Waals surface area contributed by atoms with E-state index in [0.717, 1.165) is 42.5 Å². The van der Waals surface area contributed by atoms with Gasteiger partial charge in [0.1, 0.15) is 41.7 Å². The van der Waals surface area contributed by atoms with Gasteiger partial charge in [0.25, 0.3) is 0 Å². The van der Waals surface area contributed by atoms with Crippen LogP contribution in [0.25, 0.3) is 21.5 Å². The van der Waals surface area contributed by atoms with Crippen molar-refractivity contribution in [2.45, 2.75) is 19.6 Å². The van der Waals surface area contributed by atoms with Gasteiger partial charge in [-0.15, -0.1) is 15.3 Å². The number of phenols is 1. The first-order chi connectivity index (χ1) is 22.5. The topological polar surface area (TPSA) is 309 Å². The number of nitrogens with zero attached hydrogens (tertiary/aromatic N) is 4. The van der Waals surface area contributed by atoms with Crippen LogP contribution in [0.4, 0.5) is 28.4 Å². The van der Waals surface area contributed by atoms with Crippen LogP contribution in [0.15, 0.2) is 113 Å². The zero-order valence-electron chi connectivity index (χ0n) is 27.3. The number of hydrogen-bond donors (Lipinski definition) is 2. The molecule has 0 unspecified atom stereocenters. The zero-order chi connectivity index (χ0) is 35.0. The molecule has 0 saturated carbocycles. The minimum Gasteiger partial charge on any atom is -0.744 e. The second-order valence-electron chi connectivity index (χ2n) is 9.45. The van der Waals surface area contributed by atoms with Gasteiger partial charge in [0.05, 0.1) is 54.1 Å². The third-order valence-electron chi connectivity index (χ3n) is 6.47. The first-order valence-corrected chi connectivity index (χ1v) is 17.5. The Morgan fingerprint density at radius 1 is 0.673 bits per heavy atom. The van der Waals surface area contributed by atoms with E-state index < -0.39 is 67.9 Å². The van der Waals surface area contributed by atoms with Gasteiger partial charge in [0.15, 0.2) is 5.75 Å². The molecule has 26 heteroatoms. The number of fused-ring (bicyclic) bond motifs is 2. The summed E-state index contributed by atoms with van der Waals surface area (Å²) in [6.07, 6.45) is 0. The molecule has 0 amide bonds. The number of phenolic OH excluding ortho intramolecular Hbond substituents is 1. The van der Waals surface area contributed by atoms with Crippen LogP contribution in [-0.4, -0.2) is 44.0 Å². The van der Waals surface area contributed by atoms with Gasteiger partial charge in [-0.25, -0.2) is 25.3 Å². The largest absolute Gasteiger partial charge is 1.00 e. The van der Waals surface area contributed by atoms with E-state index in [4.69, 9.17) is 5.73 Å². The van der Waals surface area contributed by atoms with Crippen molar-refractivity contribution in [3.8, 4) is 5.75 Å². The molecule has 5 aromatic rings. The predicted molar refractivity (Wildman–Crippen MR) is 161 cm³/mol. The van der Waals surface area contributed by atoms with Crippen molar-refractivity contribution < 1.29 is 177 Å². The monoisotopic (exact) mass is 825 g/mol. The average Bonchev–Trinajstić information content (AvgIpc) is 3.01. The molecule has 0 saturated heterocycles. The Bertz CT molecular complexity index is 2510. The van der Waals surface area contributed by atoms with Crippen molar-refractivity contribution >= 4 is 92.4 Å². The molecule has 5 rings (SSSR count). The molecule has 0 atom stereocenters. The Hall–Kier alpha value is -0.620. The van der Waals surface area contributed by atoms with Crippen LogP contribution in [0, 0.1) is 0 Å². The number of nitrogen functional groups attached to an aromatic ring is 1.